The standard InChI is InChI=1S/C12H14ClNO3S/c13-18(16,17)11-7-5-9(6-8-11)12(15)14-10-3-1-2-4-10/h5-8,10H,1-4H2,(H,14,15). The molecule has 0 atom stereocenters. The van der Waals surface area contributed by atoms with Gasteiger partial charge in [0.15, 0.2) is 0 Å². The first-order chi connectivity index (χ1) is 8.47. The third-order valence-corrected chi connectivity index (χ3v) is 4.46. The molecule has 1 fully saturated rings. The molecule has 0 heterocycles. The molecule has 1 aromatic carbocycles. The van der Waals surface area contributed by atoms with Crippen LogP contribution in [0.15, 0.2) is 29.2 Å². The van der Waals surface area contributed by atoms with Crippen molar-refractivity contribution in [2.45, 2.75) is 36.6 Å². The minimum atomic E-state index is -3.73. The molecular formula is C12H14ClNO3S. The second-order valence-corrected chi connectivity index (χ2v) is 6.98. The van der Waals surface area contributed by atoms with Gasteiger partial charge in [-0.1, -0.05) is 12.8 Å². The smallest absolute Gasteiger partial charge is 0.261 e. The van der Waals surface area contributed by atoms with Gasteiger partial charge in [-0.3, -0.25) is 4.79 Å². The molecule has 0 unspecified atom stereocenters. The average molecular weight is 288 g/mol. The lowest BCUT2D eigenvalue weighted by Crippen LogP contribution is -2.32. The number of hydrogen-bond donors (Lipinski definition) is 1. The highest BCUT2D eigenvalue weighted by Crippen LogP contribution is 2.19. The van der Waals surface area contributed by atoms with Crippen LogP contribution >= 0.6 is 10.7 Å². The van der Waals surface area contributed by atoms with E-state index in [2.05, 4.69) is 5.32 Å². The highest BCUT2D eigenvalue weighted by molar-refractivity contribution is 8.13. The van der Waals surface area contributed by atoms with Crippen LogP contribution in [-0.2, 0) is 9.05 Å². The van der Waals surface area contributed by atoms with Crippen LogP contribution < -0.4 is 5.32 Å². The third-order valence-electron chi connectivity index (χ3n) is 3.09. The van der Waals surface area contributed by atoms with E-state index in [1.165, 1.54) is 24.3 Å². The van der Waals surface area contributed by atoms with Crippen LogP contribution in [0.1, 0.15) is 36.0 Å². The number of carbonyl (C=O) groups excluding carboxylic acids is 1. The lowest BCUT2D eigenvalue weighted by molar-refractivity contribution is 0.0938. The van der Waals surface area contributed by atoms with Crippen molar-refractivity contribution >= 4 is 25.6 Å². The highest BCUT2D eigenvalue weighted by atomic mass is 35.7. The molecule has 0 saturated heterocycles. The molecule has 0 bridgehead atoms. The van der Waals surface area contributed by atoms with E-state index in [4.69, 9.17) is 10.7 Å². The van der Waals surface area contributed by atoms with E-state index in [1.807, 2.05) is 0 Å². The van der Waals surface area contributed by atoms with Crippen molar-refractivity contribution in [2.75, 3.05) is 0 Å². The molecule has 4 nitrogen and oxygen atoms in total. The molecule has 1 N–H and O–H groups in total. The van der Waals surface area contributed by atoms with Crippen molar-refractivity contribution in [2.24, 2.45) is 0 Å². The Bertz CT molecular complexity index is 533. The number of benzene rings is 1. The lowest BCUT2D eigenvalue weighted by atomic mass is 10.2. The van der Waals surface area contributed by atoms with Gasteiger partial charge in [-0.2, -0.15) is 0 Å². The van der Waals surface area contributed by atoms with Crippen LogP contribution in [0, 0.1) is 0 Å². The van der Waals surface area contributed by atoms with E-state index in [0.717, 1.165) is 25.7 Å². The number of rotatable bonds is 3. The molecule has 1 amide bonds. The molecule has 0 aromatic heterocycles. The van der Waals surface area contributed by atoms with Gasteiger partial charge in [0.05, 0.1) is 4.90 Å². The predicted octanol–water partition coefficient (Wildman–Crippen LogP) is 2.29. The van der Waals surface area contributed by atoms with E-state index < -0.39 is 9.05 Å². The molecular weight excluding hydrogens is 274 g/mol. The quantitative estimate of drug-likeness (QED) is 0.868. The number of carbonyl (C=O) groups is 1. The Morgan fingerprint density at radius 1 is 1.17 bits per heavy atom. The van der Waals surface area contributed by atoms with Gasteiger partial charge in [-0.25, -0.2) is 8.42 Å². The second-order valence-electron chi connectivity index (χ2n) is 4.42. The molecule has 18 heavy (non-hydrogen) atoms. The number of nitrogens with one attached hydrogen (secondary N) is 1. The fourth-order valence-corrected chi connectivity index (χ4v) is 2.88. The topological polar surface area (TPSA) is 63.2 Å². The molecule has 0 aliphatic heterocycles. The summed E-state index contributed by atoms with van der Waals surface area (Å²) in [5, 5.41) is 2.93. The van der Waals surface area contributed by atoms with Crippen molar-refractivity contribution < 1.29 is 13.2 Å². The molecule has 1 aromatic rings. The highest BCUT2D eigenvalue weighted by Gasteiger charge is 2.18. The Balaban J connectivity index is 2.07. The molecule has 98 valence electrons. The lowest BCUT2D eigenvalue weighted by Gasteiger charge is -2.11. The molecule has 1 saturated carbocycles. The van der Waals surface area contributed by atoms with Gasteiger partial charge in [-0.05, 0) is 37.1 Å². The van der Waals surface area contributed by atoms with Crippen molar-refractivity contribution in [3.05, 3.63) is 29.8 Å². The summed E-state index contributed by atoms with van der Waals surface area (Å²) in [6.07, 6.45) is 4.32. The maximum Gasteiger partial charge on any atom is 0.261 e. The summed E-state index contributed by atoms with van der Waals surface area (Å²) < 4.78 is 22.1. The summed E-state index contributed by atoms with van der Waals surface area (Å²) in [6.45, 7) is 0. The zero-order valence-electron chi connectivity index (χ0n) is 9.73. The monoisotopic (exact) mass is 287 g/mol. The van der Waals surface area contributed by atoms with Crippen LogP contribution in [-0.4, -0.2) is 20.4 Å². The minimum absolute atomic E-state index is 0.00147. The Morgan fingerprint density at radius 2 is 1.72 bits per heavy atom. The van der Waals surface area contributed by atoms with Crippen molar-refractivity contribution in [1.82, 2.24) is 5.32 Å². The fraction of sp³-hybridized carbons (Fsp3) is 0.417. The Hall–Kier alpha value is -1.07. The van der Waals surface area contributed by atoms with Crippen LogP contribution in [0.4, 0.5) is 0 Å². The van der Waals surface area contributed by atoms with Crippen LogP contribution in [0.25, 0.3) is 0 Å². The van der Waals surface area contributed by atoms with E-state index in [-0.39, 0.29) is 16.8 Å². The fourth-order valence-electron chi connectivity index (χ4n) is 2.11. The van der Waals surface area contributed by atoms with Gasteiger partial charge in [0.1, 0.15) is 0 Å². The van der Waals surface area contributed by atoms with E-state index in [0.29, 0.717) is 5.56 Å². The van der Waals surface area contributed by atoms with Crippen molar-refractivity contribution in [1.29, 1.82) is 0 Å². The maximum atomic E-state index is 11.9. The average Bonchev–Trinajstić information content (AvgIpc) is 2.81. The molecule has 2 rings (SSSR count). The van der Waals surface area contributed by atoms with Gasteiger partial charge in [0.25, 0.3) is 15.0 Å². The van der Waals surface area contributed by atoms with Gasteiger partial charge in [0, 0.05) is 22.3 Å². The summed E-state index contributed by atoms with van der Waals surface area (Å²) in [4.78, 5) is 11.9. The van der Waals surface area contributed by atoms with Gasteiger partial charge in [-0.15, -0.1) is 0 Å². The summed E-state index contributed by atoms with van der Waals surface area (Å²) in [5.74, 6) is -0.166. The first-order valence-corrected chi connectivity index (χ1v) is 8.13. The van der Waals surface area contributed by atoms with Crippen LogP contribution in [0.5, 0.6) is 0 Å². The van der Waals surface area contributed by atoms with E-state index in [1.54, 1.807) is 0 Å². The summed E-state index contributed by atoms with van der Waals surface area (Å²) in [7, 11) is 1.47. The zero-order chi connectivity index (χ0) is 13.2. The Morgan fingerprint density at radius 3 is 2.22 bits per heavy atom. The first kappa shape index (κ1) is 13.4. The van der Waals surface area contributed by atoms with Gasteiger partial charge in [0.2, 0.25) is 0 Å². The second kappa shape index (κ2) is 5.28. The summed E-state index contributed by atoms with van der Waals surface area (Å²) in [5.41, 5.74) is 0.450. The largest absolute Gasteiger partial charge is 0.349 e. The third kappa shape index (κ3) is 3.23. The first-order valence-electron chi connectivity index (χ1n) is 5.82. The molecule has 6 heteroatoms. The van der Waals surface area contributed by atoms with Crippen molar-refractivity contribution in [3.63, 3.8) is 0 Å². The SMILES string of the molecule is O=C(NC1CCCC1)c1ccc(S(=O)(=O)Cl)cc1. The Labute approximate surface area is 111 Å². The van der Waals surface area contributed by atoms with Crippen LogP contribution in [0.2, 0.25) is 0 Å². The molecule has 1 aliphatic carbocycles. The normalized spacial score (nSPS) is 16.7. The maximum absolute atomic E-state index is 11.9. The number of amides is 1. The number of halogens is 1. The van der Waals surface area contributed by atoms with Crippen molar-refractivity contribution in [3.8, 4) is 0 Å². The zero-order valence-corrected chi connectivity index (χ0v) is 11.3. The Kier molecular flexibility index (Phi) is 3.92. The predicted molar refractivity (Wildman–Crippen MR) is 69.2 cm³/mol. The van der Waals surface area contributed by atoms with E-state index >= 15 is 0 Å². The van der Waals surface area contributed by atoms with Gasteiger partial charge < -0.3 is 5.32 Å². The minimum Gasteiger partial charge on any atom is -0.349 e. The van der Waals surface area contributed by atoms with Gasteiger partial charge >= 0.3 is 0 Å². The summed E-state index contributed by atoms with van der Waals surface area (Å²) >= 11 is 0. The summed E-state index contributed by atoms with van der Waals surface area (Å²) in [6, 6.07) is 5.87. The number of hydrogen-bond acceptors (Lipinski definition) is 3. The molecule has 1 aliphatic rings. The molecule has 0 radical (unpaired) electrons. The van der Waals surface area contributed by atoms with Crippen LogP contribution in [0.3, 0.4) is 0 Å². The molecule has 0 spiro atoms. The van der Waals surface area contributed by atoms with E-state index in [9.17, 15) is 13.2 Å².